The maximum absolute atomic E-state index is 10.6. The van der Waals surface area contributed by atoms with Gasteiger partial charge in [0.15, 0.2) is 0 Å². The minimum absolute atomic E-state index is 0.0282. The molecule has 1 amide bonds. The molecule has 0 aromatic carbocycles. The van der Waals surface area contributed by atoms with Crippen molar-refractivity contribution >= 4 is 11.9 Å². The van der Waals surface area contributed by atoms with Crippen LogP contribution in [0, 0.1) is 0 Å². The van der Waals surface area contributed by atoms with E-state index >= 15 is 0 Å². The smallest absolute Gasteiger partial charge is 0.317 e. The van der Waals surface area contributed by atoms with E-state index in [1.807, 2.05) is 6.92 Å². The number of amides is 1. The van der Waals surface area contributed by atoms with E-state index in [1.54, 1.807) is 0 Å². The number of rotatable bonds is 7. The van der Waals surface area contributed by atoms with Crippen molar-refractivity contribution in [3.8, 4) is 0 Å². The van der Waals surface area contributed by atoms with Crippen molar-refractivity contribution in [3.63, 3.8) is 0 Å². The zero-order valence-corrected chi connectivity index (χ0v) is 8.32. The molecule has 3 N–H and O–H groups in total. The third kappa shape index (κ3) is 7.30. The van der Waals surface area contributed by atoms with Crippen molar-refractivity contribution in [2.24, 2.45) is 5.73 Å². The number of carboxylic acid groups (broad SMARTS) is 1. The SMILES string of the molecule is C=C(C)CCN(CC(N)=O)CC(=O)O. The fourth-order valence-corrected chi connectivity index (χ4v) is 0.975. The lowest BCUT2D eigenvalue weighted by molar-refractivity contribution is -0.138. The minimum atomic E-state index is -0.965. The molecule has 0 aromatic rings. The minimum Gasteiger partial charge on any atom is -0.480 e. The first-order valence-corrected chi connectivity index (χ1v) is 4.28. The third-order valence-electron chi connectivity index (χ3n) is 1.59. The molecule has 0 atom stereocenters. The van der Waals surface area contributed by atoms with Gasteiger partial charge in [0.1, 0.15) is 0 Å². The lowest BCUT2D eigenvalue weighted by atomic mass is 10.2. The van der Waals surface area contributed by atoms with Crippen LogP contribution in [0.4, 0.5) is 0 Å². The average molecular weight is 200 g/mol. The van der Waals surface area contributed by atoms with Crippen LogP contribution in [-0.4, -0.2) is 41.5 Å². The maximum atomic E-state index is 10.6. The first-order chi connectivity index (χ1) is 6.41. The summed E-state index contributed by atoms with van der Waals surface area (Å²) in [5.41, 5.74) is 5.93. The highest BCUT2D eigenvalue weighted by Crippen LogP contribution is 1.98. The molecule has 0 fully saturated rings. The van der Waals surface area contributed by atoms with Gasteiger partial charge in [0.2, 0.25) is 5.91 Å². The molecule has 0 aromatic heterocycles. The summed E-state index contributed by atoms with van der Waals surface area (Å²) in [5.74, 6) is -1.49. The Kier molecular flexibility index (Phi) is 5.55. The summed E-state index contributed by atoms with van der Waals surface area (Å²) in [4.78, 5) is 22.5. The standard InChI is InChI=1S/C9H16N2O3/c1-7(2)3-4-11(5-8(10)12)6-9(13)14/h1,3-6H2,2H3,(H2,10,12)(H,13,14). The van der Waals surface area contributed by atoms with Gasteiger partial charge in [-0.15, -0.1) is 6.58 Å². The van der Waals surface area contributed by atoms with Crippen LogP contribution >= 0.6 is 0 Å². The molecule has 0 saturated heterocycles. The quantitative estimate of drug-likeness (QED) is 0.558. The Bertz CT molecular complexity index is 222. The van der Waals surface area contributed by atoms with E-state index in [0.717, 1.165) is 5.57 Å². The van der Waals surface area contributed by atoms with Gasteiger partial charge in [0, 0.05) is 6.54 Å². The monoisotopic (exact) mass is 200 g/mol. The molecular weight excluding hydrogens is 184 g/mol. The van der Waals surface area contributed by atoms with Gasteiger partial charge in [-0.3, -0.25) is 14.5 Å². The van der Waals surface area contributed by atoms with E-state index in [1.165, 1.54) is 4.90 Å². The molecule has 80 valence electrons. The average Bonchev–Trinajstić information content (AvgIpc) is 1.97. The fourth-order valence-electron chi connectivity index (χ4n) is 0.975. The Balaban J connectivity index is 4.03. The number of hydrogen-bond acceptors (Lipinski definition) is 3. The molecule has 0 aliphatic heterocycles. The van der Waals surface area contributed by atoms with E-state index in [-0.39, 0.29) is 13.1 Å². The fraction of sp³-hybridized carbons (Fsp3) is 0.556. The topological polar surface area (TPSA) is 83.6 Å². The number of nitrogens with two attached hydrogens (primary N) is 1. The molecule has 0 saturated carbocycles. The van der Waals surface area contributed by atoms with Crippen LogP contribution < -0.4 is 5.73 Å². The third-order valence-corrected chi connectivity index (χ3v) is 1.59. The van der Waals surface area contributed by atoms with Crippen LogP contribution in [0.5, 0.6) is 0 Å². The Morgan fingerprint density at radius 1 is 1.43 bits per heavy atom. The Hall–Kier alpha value is -1.36. The van der Waals surface area contributed by atoms with Gasteiger partial charge in [-0.1, -0.05) is 5.57 Å². The number of primary amides is 1. The molecule has 0 radical (unpaired) electrons. The van der Waals surface area contributed by atoms with Crippen molar-refractivity contribution in [1.29, 1.82) is 0 Å². The second-order valence-corrected chi connectivity index (χ2v) is 3.28. The van der Waals surface area contributed by atoms with Crippen molar-refractivity contribution < 1.29 is 14.7 Å². The van der Waals surface area contributed by atoms with Crippen molar-refractivity contribution in [2.45, 2.75) is 13.3 Å². The Morgan fingerprint density at radius 2 is 2.00 bits per heavy atom. The van der Waals surface area contributed by atoms with Gasteiger partial charge in [-0.05, 0) is 13.3 Å². The highest BCUT2D eigenvalue weighted by atomic mass is 16.4. The highest BCUT2D eigenvalue weighted by molar-refractivity contribution is 5.77. The summed E-state index contributed by atoms with van der Waals surface area (Å²) >= 11 is 0. The first-order valence-electron chi connectivity index (χ1n) is 4.28. The van der Waals surface area contributed by atoms with Crippen LogP contribution in [-0.2, 0) is 9.59 Å². The van der Waals surface area contributed by atoms with Crippen molar-refractivity contribution in [3.05, 3.63) is 12.2 Å². The molecule has 0 bridgehead atoms. The summed E-state index contributed by atoms with van der Waals surface area (Å²) < 4.78 is 0. The van der Waals surface area contributed by atoms with Crippen molar-refractivity contribution in [2.75, 3.05) is 19.6 Å². The molecule has 0 spiro atoms. The van der Waals surface area contributed by atoms with Crippen LogP contribution in [0.1, 0.15) is 13.3 Å². The largest absolute Gasteiger partial charge is 0.480 e. The molecule has 0 heterocycles. The lowest BCUT2D eigenvalue weighted by Gasteiger charge is -2.17. The predicted octanol–water partition coefficient (Wildman–Crippen LogP) is -0.175. The Labute approximate surface area is 83.2 Å². The van der Waals surface area contributed by atoms with Crippen LogP contribution in [0.2, 0.25) is 0 Å². The first kappa shape index (κ1) is 12.6. The second kappa shape index (κ2) is 6.15. The maximum Gasteiger partial charge on any atom is 0.317 e. The number of aliphatic carboxylic acids is 1. The number of carbonyl (C=O) groups is 2. The summed E-state index contributed by atoms with van der Waals surface area (Å²) in [5, 5.41) is 8.55. The van der Waals surface area contributed by atoms with Gasteiger partial charge < -0.3 is 10.8 Å². The predicted molar refractivity (Wildman–Crippen MR) is 52.7 cm³/mol. The zero-order chi connectivity index (χ0) is 11.1. The second-order valence-electron chi connectivity index (χ2n) is 3.28. The van der Waals surface area contributed by atoms with E-state index in [9.17, 15) is 9.59 Å². The normalized spacial score (nSPS) is 10.1. The summed E-state index contributed by atoms with van der Waals surface area (Å²) in [7, 11) is 0. The number of carbonyl (C=O) groups excluding carboxylic acids is 1. The number of carboxylic acids is 1. The van der Waals surface area contributed by atoms with E-state index in [0.29, 0.717) is 13.0 Å². The molecule has 5 heteroatoms. The summed E-state index contributed by atoms with van der Waals surface area (Å²) in [6.07, 6.45) is 0.667. The van der Waals surface area contributed by atoms with Crippen LogP contribution in [0.25, 0.3) is 0 Å². The summed E-state index contributed by atoms with van der Waals surface area (Å²) in [6, 6.07) is 0. The van der Waals surface area contributed by atoms with E-state index in [4.69, 9.17) is 10.8 Å². The molecule has 0 unspecified atom stereocenters. The van der Waals surface area contributed by atoms with Gasteiger partial charge in [-0.25, -0.2) is 0 Å². The number of hydrogen-bond donors (Lipinski definition) is 2. The number of nitrogens with zero attached hydrogens (tertiary/aromatic N) is 1. The molecule has 0 aliphatic rings. The molecule has 0 aliphatic carbocycles. The van der Waals surface area contributed by atoms with Gasteiger partial charge in [0.25, 0.3) is 0 Å². The van der Waals surface area contributed by atoms with Gasteiger partial charge in [0.05, 0.1) is 13.1 Å². The van der Waals surface area contributed by atoms with Crippen LogP contribution in [0.15, 0.2) is 12.2 Å². The molecule has 14 heavy (non-hydrogen) atoms. The van der Waals surface area contributed by atoms with Gasteiger partial charge >= 0.3 is 5.97 Å². The van der Waals surface area contributed by atoms with E-state index in [2.05, 4.69) is 6.58 Å². The highest BCUT2D eigenvalue weighted by Gasteiger charge is 2.11. The van der Waals surface area contributed by atoms with Gasteiger partial charge in [-0.2, -0.15) is 0 Å². The lowest BCUT2D eigenvalue weighted by Crippen LogP contribution is -2.38. The molecule has 5 nitrogen and oxygen atoms in total. The Morgan fingerprint density at radius 3 is 2.36 bits per heavy atom. The molecule has 0 rings (SSSR count). The molecular formula is C9H16N2O3. The van der Waals surface area contributed by atoms with Crippen molar-refractivity contribution in [1.82, 2.24) is 4.90 Å². The van der Waals surface area contributed by atoms with E-state index < -0.39 is 11.9 Å². The zero-order valence-electron chi connectivity index (χ0n) is 8.32. The van der Waals surface area contributed by atoms with Crippen LogP contribution in [0.3, 0.4) is 0 Å². The summed E-state index contributed by atoms with van der Waals surface area (Å²) in [6.45, 7) is 5.84.